The van der Waals surface area contributed by atoms with Crippen LogP contribution in [0.1, 0.15) is 25.3 Å². The highest BCUT2D eigenvalue weighted by atomic mass is 14.6. The molecule has 0 aliphatic rings. The lowest BCUT2D eigenvalue weighted by atomic mass is 10.00. The van der Waals surface area contributed by atoms with Gasteiger partial charge in [0.05, 0.1) is 0 Å². The van der Waals surface area contributed by atoms with Gasteiger partial charge in [-0.15, -0.1) is 0 Å². The van der Waals surface area contributed by atoms with Crippen molar-refractivity contribution in [1.29, 1.82) is 0 Å². The van der Waals surface area contributed by atoms with Crippen LogP contribution >= 0.6 is 0 Å². The summed E-state index contributed by atoms with van der Waals surface area (Å²) in [6, 6.07) is 10.1. The quantitative estimate of drug-likeness (QED) is 0.770. The molecule has 2 aromatic carbocycles. The van der Waals surface area contributed by atoms with Crippen LogP contribution in [0.3, 0.4) is 0 Å². The van der Waals surface area contributed by atoms with Crippen molar-refractivity contribution in [2.24, 2.45) is 0 Å². The third-order valence-corrected chi connectivity index (χ3v) is 2.98. The van der Waals surface area contributed by atoms with Crippen LogP contribution in [0, 0.1) is 0 Å². The zero-order valence-electron chi connectivity index (χ0n) is 9.66. The Hall–Kier alpha value is -1.70. The summed E-state index contributed by atoms with van der Waals surface area (Å²) in [6.45, 7) is 2.19. The summed E-state index contributed by atoms with van der Waals surface area (Å²) < 4.78 is 0. The molecule has 2 rings (SSSR count). The number of hydrogen-bond acceptors (Lipinski definition) is 2. The van der Waals surface area contributed by atoms with E-state index in [2.05, 4.69) is 19.1 Å². The molecule has 2 nitrogen and oxygen atoms in total. The van der Waals surface area contributed by atoms with Gasteiger partial charge in [-0.3, -0.25) is 0 Å². The molecular weight excluding hydrogens is 196 g/mol. The van der Waals surface area contributed by atoms with Gasteiger partial charge in [-0.2, -0.15) is 0 Å². The van der Waals surface area contributed by atoms with E-state index in [0.717, 1.165) is 28.6 Å². The molecule has 0 heterocycles. The fourth-order valence-corrected chi connectivity index (χ4v) is 1.99. The lowest BCUT2D eigenvalue weighted by Gasteiger charge is -2.09. The van der Waals surface area contributed by atoms with Crippen LogP contribution in [-0.2, 0) is 6.42 Å². The topological polar surface area (TPSA) is 52.0 Å². The molecule has 0 aromatic heterocycles. The van der Waals surface area contributed by atoms with E-state index in [-0.39, 0.29) is 0 Å². The van der Waals surface area contributed by atoms with E-state index in [4.69, 9.17) is 11.5 Å². The third-order valence-electron chi connectivity index (χ3n) is 2.98. The van der Waals surface area contributed by atoms with Crippen LogP contribution in [0.25, 0.3) is 10.8 Å². The summed E-state index contributed by atoms with van der Waals surface area (Å²) in [5.74, 6) is 0. The lowest BCUT2D eigenvalue weighted by molar-refractivity contribution is 0.797. The highest BCUT2D eigenvalue weighted by Crippen LogP contribution is 2.27. The first-order valence-corrected chi connectivity index (χ1v) is 5.79. The Labute approximate surface area is 96.3 Å². The summed E-state index contributed by atoms with van der Waals surface area (Å²) in [6.07, 6.45) is 3.42. The fourth-order valence-electron chi connectivity index (χ4n) is 1.99. The molecular formula is C14H18N2. The van der Waals surface area contributed by atoms with Crippen molar-refractivity contribution < 1.29 is 0 Å². The molecule has 0 saturated carbocycles. The molecule has 0 spiro atoms. The maximum Gasteiger partial charge on any atom is 0.0427 e. The molecule has 2 aromatic rings. The predicted octanol–water partition coefficient (Wildman–Crippen LogP) is 3.35. The second-order valence-electron chi connectivity index (χ2n) is 4.22. The van der Waals surface area contributed by atoms with Crippen LogP contribution in [0.5, 0.6) is 0 Å². The number of unbranched alkanes of at least 4 members (excludes halogenated alkanes) is 1. The van der Waals surface area contributed by atoms with E-state index < -0.39 is 0 Å². The number of nitrogen functional groups attached to an aromatic ring is 2. The van der Waals surface area contributed by atoms with Crippen molar-refractivity contribution in [3.8, 4) is 0 Å². The van der Waals surface area contributed by atoms with Crippen molar-refractivity contribution in [3.63, 3.8) is 0 Å². The van der Waals surface area contributed by atoms with E-state index >= 15 is 0 Å². The minimum absolute atomic E-state index is 0.770. The van der Waals surface area contributed by atoms with Gasteiger partial charge in [0.1, 0.15) is 0 Å². The minimum atomic E-state index is 0.770. The number of fused-ring (bicyclic) bond motifs is 1. The first-order valence-electron chi connectivity index (χ1n) is 5.79. The van der Waals surface area contributed by atoms with E-state index in [1.807, 2.05) is 18.2 Å². The van der Waals surface area contributed by atoms with E-state index in [9.17, 15) is 0 Å². The highest BCUT2D eigenvalue weighted by molar-refractivity contribution is 5.96. The van der Waals surface area contributed by atoms with Crippen molar-refractivity contribution in [3.05, 3.63) is 35.9 Å². The van der Waals surface area contributed by atoms with Crippen LogP contribution in [0.4, 0.5) is 11.4 Å². The zero-order valence-corrected chi connectivity index (χ0v) is 9.66. The maximum absolute atomic E-state index is 6.17. The molecule has 0 aliphatic carbocycles. The first kappa shape index (κ1) is 10.8. The molecule has 0 radical (unpaired) electrons. The zero-order chi connectivity index (χ0) is 11.5. The van der Waals surface area contributed by atoms with Crippen LogP contribution in [0.15, 0.2) is 30.3 Å². The molecule has 0 fully saturated rings. The van der Waals surface area contributed by atoms with Crippen molar-refractivity contribution in [2.75, 3.05) is 11.5 Å². The van der Waals surface area contributed by atoms with Gasteiger partial charge in [-0.1, -0.05) is 31.5 Å². The molecule has 16 heavy (non-hydrogen) atoms. The molecule has 0 bridgehead atoms. The average molecular weight is 214 g/mol. The number of rotatable bonds is 3. The molecule has 0 aliphatic heterocycles. The van der Waals surface area contributed by atoms with Crippen LogP contribution < -0.4 is 11.5 Å². The lowest BCUT2D eigenvalue weighted by Crippen LogP contribution is -1.96. The summed E-state index contributed by atoms with van der Waals surface area (Å²) in [4.78, 5) is 0. The second-order valence-corrected chi connectivity index (χ2v) is 4.22. The van der Waals surface area contributed by atoms with Crippen molar-refractivity contribution >= 4 is 22.1 Å². The van der Waals surface area contributed by atoms with E-state index in [1.54, 1.807) is 0 Å². The van der Waals surface area contributed by atoms with Gasteiger partial charge in [0.2, 0.25) is 0 Å². The Balaban J connectivity index is 2.50. The molecule has 0 saturated heterocycles. The summed E-state index contributed by atoms with van der Waals surface area (Å²) in [5, 5.41) is 2.24. The summed E-state index contributed by atoms with van der Waals surface area (Å²) in [5.41, 5.74) is 14.9. The van der Waals surface area contributed by atoms with Gasteiger partial charge < -0.3 is 11.5 Å². The molecule has 84 valence electrons. The Morgan fingerprint density at radius 1 is 1.06 bits per heavy atom. The number of anilines is 2. The molecule has 0 unspecified atom stereocenters. The average Bonchev–Trinajstić information content (AvgIpc) is 2.29. The van der Waals surface area contributed by atoms with Gasteiger partial charge in [0.15, 0.2) is 0 Å². The van der Waals surface area contributed by atoms with E-state index in [0.29, 0.717) is 0 Å². The van der Waals surface area contributed by atoms with Crippen molar-refractivity contribution in [1.82, 2.24) is 0 Å². The van der Waals surface area contributed by atoms with Crippen molar-refractivity contribution in [2.45, 2.75) is 26.2 Å². The smallest absolute Gasteiger partial charge is 0.0427 e. The van der Waals surface area contributed by atoms with Gasteiger partial charge in [0, 0.05) is 16.8 Å². The Morgan fingerprint density at radius 3 is 2.56 bits per heavy atom. The summed E-state index contributed by atoms with van der Waals surface area (Å²) >= 11 is 0. The van der Waals surface area contributed by atoms with Gasteiger partial charge in [-0.25, -0.2) is 0 Å². The van der Waals surface area contributed by atoms with Crippen LogP contribution in [0.2, 0.25) is 0 Å². The third kappa shape index (κ3) is 1.96. The largest absolute Gasteiger partial charge is 0.399 e. The Kier molecular flexibility index (Phi) is 3.00. The monoisotopic (exact) mass is 214 g/mol. The predicted molar refractivity (Wildman–Crippen MR) is 71.4 cm³/mol. The number of hydrogen-bond donors (Lipinski definition) is 2. The maximum atomic E-state index is 6.17. The number of benzene rings is 2. The van der Waals surface area contributed by atoms with Gasteiger partial charge in [0.25, 0.3) is 0 Å². The highest BCUT2D eigenvalue weighted by Gasteiger charge is 2.04. The van der Waals surface area contributed by atoms with Gasteiger partial charge in [-0.05, 0) is 35.9 Å². The van der Waals surface area contributed by atoms with Gasteiger partial charge >= 0.3 is 0 Å². The number of nitrogens with two attached hydrogens (primary N) is 2. The molecule has 0 atom stereocenters. The number of aryl methyl sites for hydroxylation is 1. The molecule has 4 N–H and O–H groups in total. The summed E-state index contributed by atoms with van der Waals surface area (Å²) in [7, 11) is 0. The molecule has 2 heteroatoms. The second kappa shape index (κ2) is 4.44. The fraction of sp³-hybridized carbons (Fsp3) is 0.286. The Bertz CT molecular complexity index is 503. The standard InChI is InChI=1S/C14H18N2/c1-2-3-4-11-6-5-10-7-8-12(15)9-13(10)14(11)16/h5-9H,2-4,15-16H2,1H3. The van der Waals surface area contributed by atoms with Crippen LogP contribution in [-0.4, -0.2) is 0 Å². The SMILES string of the molecule is CCCCc1ccc2ccc(N)cc2c1N. The minimum Gasteiger partial charge on any atom is -0.399 e. The van der Waals surface area contributed by atoms with E-state index in [1.165, 1.54) is 18.4 Å². The first-order chi connectivity index (χ1) is 7.72. The molecule has 0 amide bonds. The normalized spacial score (nSPS) is 10.8. The Morgan fingerprint density at radius 2 is 1.81 bits per heavy atom.